The lowest BCUT2D eigenvalue weighted by atomic mass is 10.1. The van der Waals surface area contributed by atoms with Crippen LogP contribution in [-0.4, -0.2) is 63.8 Å². The monoisotopic (exact) mass is 372 g/mol. The molecule has 4 rings (SSSR count). The Morgan fingerprint density at radius 2 is 2.07 bits per heavy atom. The number of hydrogen-bond acceptors (Lipinski definition) is 6. The number of amides is 1. The molecule has 1 aliphatic heterocycles. The zero-order chi connectivity index (χ0) is 19.0. The molecule has 8 heteroatoms. The first-order valence-corrected chi connectivity index (χ1v) is 9.75. The van der Waals surface area contributed by atoms with Gasteiger partial charge in [0, 0.05) is 52.7 Å². The Bertz CT molecular complexity index is 829. The highest BCUT2D eigenvalue weighted by atomic mass is 16.5. The Hall–Kier alpha value is -2.22. The summed E-state index contributed by atoms with van der Waals surface area (Å²) in [5.74, 6) is 2.14. The molecule has 146 valence electrons. The number of aryl methyl sites for hydroxylation is 1. The maximum Gasteiger partial charge on any atom is 0.223 e. The Balaban J connectivity index is 1.53. The van der Waals surface area contributed by atoms with Gasteiger partial charge in [-0.15, -0.1) is 0 Å². The summed E-state index contributed by atoms with van der Waals surface area (Å²) in [6.45, 7) is 2.02. The number of likely N-dealkylation sites (tertiary alicyclic amines) is 1. The van der Waals surface area contributed by atoms with Crippen molar-refractivity contribution in [2.24, 2.45) is 13.0 Å². The van der Waals surface area contributed by atoms with Crippen LogP contribution in [0, 0.1) is 5.92 Å². The van der Waals surface area contributed by atoms with Crippen molar-refractivity contribution in [2.45, 2.75) is 44.8 Å². The van der Waals surface area contributed by atoms with E-state index in [1.807, 2.05) is 20.3 Å². The topological polar surface area (TPSA) is 76.4 Å². The molecule has 0 bridgehead atoms. The van der Waals surface area contributed by atoms with Gasteiger partial charge in [-0.3, -0.25) is 9.48 Å². The van der Waals surface area contributed by atoms with Crippen molar-refractivity contribution >= 4 is 22.8 Å². The summed E-state index contributed by atoms with van der Waals surface area (Å²) < 4.78 is 6.98. The van der Waals surface area contributed by atoms with Crippen LogP contribution in [0.5, 0.6) is 0 Å². The third-order valence-electron chi connectivity index (χ3n) is 5.79. The number of ether oxygens (including phenoxy) is 1. The van der Waals surface area contributed by atoms with E-state index in [-0.39, 0.29) is 0 Å². The first-order valence-electron chi connectivity index (χ1n) is 9.75. The summed E-state index contributed by atoms with van der Waals surface area (Å²) >= 11 is 0. The molecule has 3 heterocycles. The molecule has 2 aromatic heterocycles. The summed E-state index contributed by atoms with van der Waals surface area (Å²) in [5.41, 5.74) is 0.800. The first kappa shape index (κ1) is 18.2. The van der Waals surface area contributed by atoms with E-state index in [0.29, 0.717) is 36.7 Å². The highest BCUT2D eigenvalue weighted by molar-refractivity contribution is 5.87. The van der Waals surface area contributed by atoms with E-state index < -0.39 is 0 Å². The first-order chi connectivity index (χ1) is 13.1. The normalized spacial score (nSPS) is 20.9. The molecular formula is C19H28N6O2. The van der Waals surface area contributed by atoms with Crippen molar-refractivity contribution in [3.63, 3.8) is 0 Å². The van der Waals surface area contributed by atoms with E-state index in [4.69, 9.17) is 9.72 Å². The number of nitrogens with zero attached hydrogens (tertiary/aromatic N) is 6. The lowest BCUT2D eigenvalue weighted by Crippen LogP contribution is -2.35. The average Bonchev–Trinajstić information content (AvgIpc) is 3.36. The molecule has 0 spiro atoms. The Morgan fingerprint density at radius 1 is 1.30 bits per heavy atom. The quantitative estimate of drug-likeness (QED) is 0.769. The van der Waals surface area contributed by atoms with E-state index in [2.05, 4.69) is 19.9 Å². The van der Waals surface area contributed by atoms with Gasteiger partial charge in [0.2, 0.25) is 5.91 Å². The number of methoxy groups -OCH3 is 1. The van der Waals surface area contributed by atoms with Crippen LogP contribution in [0.4, 0.5) is 5.82 Å². The largest absolute Gasteiger partial charge is 0.377 e. The standard InChI is InChI=1S/C19H28N6O2/c1-23(10-13-8-17(26)25(11-13)14-6-4-5-7-14)18-15-9-20-24(2)19(15)22-16(21-18)12-27-3/h9,13-14H,4-8,10-12H2,1-3H3/t13-/m0/s1. The molecule has 1 atom stereocenters. The number of hydrogen-bond donors (Lipinski definition) is 0. The van der Waals surface area contributed by atoms with Crippen LogP contribution in [0.25, 0.3) is 11.0 Å². The second-order valence-electron chi connectivity index (χ2n) is 7.84. The predicted octanol–water partition coefficient (Wildman–Crippen LogP) is 1.74. The van der Waals surface area contributed by atoms with Gasteiger partial charge in [-0.05, 0) is 12.8 Å². The van der Waals surface area contributed by atoms with Crippen LogP contribution in [0.15, 0.2) is 6.20 Å². The van der Waals surface area contributed by atoms with Crippen molar-refractivity contribution < 1.29 is 9.53 Å². The van der Waals surface area contributed by atoms with Crippen molar-refractivity contribution in [3.8, 4) is 0 Å². The molecule has 1 amide bonds. The van der Waals surface area contributed by atoms with Gasteiger partial charge in [-0.2, -0.15) is 5.10 Å². The lowest BCUT2D eigenvalue weighted by molar-refractivity contribution is -0.129. The van der Waals surface area contributed by atoms with Crippen LogP contribution >= 0.6 is 0 Å². The second kappa shape index (κ2) is 7.42. The molecule has 1 saturated heterocycles. The van der Waals surface area contributed by atoms with Gasteiger partial charge < -0.3 is 14.5 Å². The molecule has 27 heavy (non-hydrogen) atoms. The van der Waals surface area contributed by atoms with Gasteiger partial charge in [0.05, 0.1) is 11.6 Å². The van der Waals surface area contributed by atoms with Crippen molar-refractivity contribution in [1.82, 2.24) is 24.6 Å². The van der Waals surface area contributed by atoms with Crippen LogP contribution in [0.1, 0.15) is 37.9 Å². The minimum absolute atomic E-state index is 0.314. The summed E-state index contributed by atoms with van der Waals surface area (Å²) in [4.78, 5) is 26.0. The fourth-order valence-corrected chi connectivity index (χ4v) is 4.51. The molecule has 2 aliphatic rings. The van der Waals surface area contributed by atoms with Gasteiger partial charge in [0.1, 0.15) is 12.4 Å². The molecule has 1 aliphatic carbocycles. The van der Waals surface area contributed by atoms with Gasteiger partial charge in [-0.1, -0.05) is 12.8 Å². The molecule has 2 fully saturated rings. The third-order valence-corrected chi connectivity index (χ3v) is 5.79. The predicted molar refractivity (Wildman–Crippen MR) is 102 cm³/mol. The number of fused-ring (bicyclic) bond motifs is 1. The molecule has 2 aromatic rings. The van der Waals surface area contributed by atoms with Crippen LogP contribution in [0.3, 0.4) is 0 Å². The van der Waals surface area contributed by atoms with E-state index in [1.54, 1.807) is 11.8 Å². The second-order valence-corrected chi connectivity index (χ2v) is 7.84. The van der Waals surface area contributed by atoms with Crippen molar-refractivity contribution in [2.75, 3.05) is 32.1 Å². The van der Waals surface area contributed by atoms with Crippen molar-refractivity contribution in [1.29, 1.82) is 0 Å². The molecule has 8 nitrogen and oxygen atoms in total. The summed E-state index contributed by atoms with van der Waals surface area (Å²) in [5, 5.41) is 5.26. The summed E-state index contributed by atoms with van der Waals surface area (Å²) in [7, 11) is 5.56. The minimum Gasteiger partial charge on any atom is -0.377 e. The number of carbonyl (C=O) groups excluding carboxylic acids is 1. The van der Waals surface area contributed by atoms with Gasteiger partial charge >= 0.3 is 0 Å². The van der Waals surface area contributed by atoms with Crippen LogP contribution in [0.2, 0.25) is 0 Å². The van der Waals surface area contributed by atoms with Crippen molar-refractivity contribution in [3.05, 3.63) is 12.0 Å². The summed E-state index contributed by atoms with van der Waals surface area (Å²) in [6.07, 6.45) is 7.27. The average molecular weight is 372 g/mol. The highest BCUT2D eigenvalue weighted by Crippen LogP contribution is 2.31. The number of rotatable bonds is 6. The number of aromatic nitrogens is 4. The van der Waals surface area contributed by atoms with Crippen LogP contribution < -0.4 is 4.90 Å². The Labute approximate surface area is 159 Å². The van der Waals surface area contributed by atoms with E-state index in [9.17, 15) is 4.79 Å². The zero-order valence-electron chi connectivity index (χ0n) is 16.4. The number of anilines is 1. The molecule has 0 aromatic carbocycles. The Kier molecular flexibility index (Phi) is 4.99. The van der Waals surface area contributed by atoms with Gasteiger partial charge in [-0.25, -0.2) is 9.97 Å². The van der Waals surface area contributed by atoms with E-state index in [0.717, 1.165) is 42.8 Å². The number of carbonyl (C=O) groups is 1. The molecular weight excluding hydrogens is 344 g/mol. The molecule has 0 unspecified atom stereocenters. The van der Waals surface area contributed by atoms with Crippen LogP contribution in [-0.2, 0) is 23.2 Å². The molecule has 0 radical (unpaired) electrons. The lowest BCUT2D eigenvalue weighted by Gasteiger charge is -2.26. The third kappa shape index (κ3) is 3.50. The molecule has 0 N–H and O–H groups in total. The maximum absolute atomic E-state index is 12.5. The zero-order valence-corrected chi connectivity index (χ0v) is 16.4. The molecule has 1 saturated carbocycles. The maximum atomic E-state index is 12.5. The highest BCUT2D eigenvalue weighted by Gasteiger charge is 2.36. The fourth-order valence-electron chi connectivity index (χ4n) is 4.51. The van der Waals surface area contributed by atoms with Gasteiger partial charge in [0.15, 0.2) is 11.5 Å². The summed E-state index contributed by atoms with van der Waals surface area (Å²) in [6, 6.07) is 0.463. The fraction of sp³-hybridized carbons (Fsp3) is 0.684. The SMILES string of the molecule is COCc1nc(N(C)C[C@@H]2CC(=O)N(C3CCCC3)C2)c2cnn(C)c2n1. The Morgan fingerprint density at radius 3 is 2.81 bits per heavy atom. The van der Waals surface area contributed by atoms with E-state index in [1.165, 1.54) is 12.8 Å². The minimum atomic E-state index is 0.314. The van der Waals surface area contributed by atoms with Gasteiger partial charge in [0.25, 0.3) is 0 Å². The van der Waals surface area contributed by atoms with E-state index >= 15 is 0 Å². The smallest absolute Gasteiger partial charge is 0.223 e.